The molecule has 0 aromatic heterocycles. The topological polar surface area (TPSA) is 98.5 Å². The van der Waals surface area contributed by atoms with Crippen LogP contribution >= 0.6 is 11.6 Å². The Kier molecular flexibility index (Phi) is 6.30. The van der Waals surface area contributed by atoms with Crippen LogP contribution in [0.25, 0.3) is 0 Å². The van der Waals surface area contributed by atoms with E-state index < -0.39 is 16.8 Å². The van der Waals surface area contributed by atoms with Gasteiger partial charge in [0, 0.05) is 22.7 Å². The fraction of sp³-hybridized carbons (Fsp3) is 0.222. The van der Waals surface area contributed by atoms with E-state index in [0.29, 0.717) is 5.02 Å². The lowest BCUT2D eigenvalue weighted by molar-refractivity contribution is -0.384. The van der Waals surface area contributed by atoms with Gasteiger partial charge in [0.25, 0.3) is 11.6 Å². The first-order chi connectivity index (χ1) is 12.3. The van der Waals surface area contributed by atoms with Crippen LogP contribution in [0.15, 0.2) is 42.5 Å². The molecule has 1 N–H and O–H groups in total. The van der Waals surface area contributed by atoms with Crippen LogP contribution in [0.4, 0.5) is 5.69 Å². The number of non-ortho nitro benzene ring substituents is 1. The van der Waals surface area contributed by atoms with Gasteiger partial charge >= 0.3 is 5.97 Å². The van der Waals surface area contributed by atoms with Gasteiger partial charge in [-0.25, -0.2) is 4.79 Å². The molecule has 2 aromatic rings. The Morgan fingerprint density at radius 3 is 2.54 bits per heavy atom. The molecule has 0 saturated carbocycles. The van der Waals surface area contributed by atoms with Gasteiger partial charge in [0.15, 0.2) is 0 Å². The van der Waals surface area contributed by atoms with Crippen LogP contribution in [-0.4, -0.2) is 23.4 Å². The molecule has 1 amide bonds. The third-order valence-corrected chi connectivity index (χ3v) is 3.83. The highest BCUT2D eigenvalue weighted by Gasteiger charge is 2.20. The van der Waals surface area contributed by atoms with E-state index >= 15 is 0 Å². The first-order valence-electron chi connectivity index (χ1n) is 7.84. The van der Waals surface area contributed by atoms with Gasteiger partial charge in [-0.05, 0) is 37.6 Å². The van der Waals surface area contributed by atoms with Crippen LogP contribution in [0, 0.1) is 10.1 Å². The summed E-state index contributed by atoms with van der Waals surface area (Å²) < 4.78 is 4.85. The van der Waals surface area contributed by atoms with Crippen molar-refractivity contribution in [2.45, 2.75) is 19.9 Å². The molecular formula is C18H17ClN2O5. The molecule has 0 fully saturated rings. The molecule has 0 unspecified atom stereocenters. The average Bonchev–Trinajstić information content (AvgIpc) is 2.61. The zero-order chi connectivity index (χ0) is 19.3. The molecule has 0 aliphatic rings. The second-order valence-electron chi connectivity index (χ2n) is 5.50. The summed E-state index contributed by atoms with van der Waals surface area (Å²) in [7, 11) is 0. The number of rotatable bonds is 6. The molecule has 7 nitrogen and oxygen atoms in total. The highest BCUT2D eigenvalue weighted by Crippen LogP contribution is 2.21. The molecule has 2 rings (SSSR count). The maximum absolute atomic E-state index is 12.5. The normalized spacial score (nSPS) is 11.5. The summed E-state index contributed by atoms with van der Waals surface area (Å²) in [6.45, 7) is 3.50. The van der Waals surface area contributed by atoms with Gasteiger partial charge in [-0.15, -0.1) is 0 Å². The smallest absolute Gasteiger partial charge is 0.338 e. The van der Waals surface area contributed by atoms with Crippen LogP contribution in [0.2, 0.25) is 5.02 Å². The van der Waals surface area contributed by atoms with Crippen LogP contribution < -0.4 is 5.32 Å². The van der Waals surface area contributed by atoms with Gasteiger partial charge in [-0.1, -0.05) is 23.7 Å². The molecule has 1 atom stereocenters. The zero-order valence-electron chi connectivity index (χ0n) is 14.2. The Balaban J connectivity index is 2.29. The van der Waals surface area contributed by atoms with Crippen LogP contribution in [-0.2, 0) is 4.74 Å². The number of ether oxygens (including phenoxy) is 1. The van der Waals surface area contributed by atoms with Gasteiger partial charge in [0.1, 0.15) is 0 Å². The lowest BCUT2D eigenvalue weighted by Gasteiger charge is -2.15. The van der Waals surface area contributed by atoms with Crippen molar-refractivity contribution < 1.29 is 19.2 Å². The number of nitro benzene ring substituents is 1. The molecule has 0 bridgehead atoms. The predicted molar refractivity (Wildman–Crippen MR) is 96.4 cm³/mol. The molecule has 0 heterocycles. The third-order valence-electron chi connectivity index (χ3n) is 3.60. The standard InChI is InChI=1S/C18H17ClN2O5/c1-3-26-18(23)14-7-13(9-16(10-14)21(24)25)17(22)20-11(2)12-5-4-6-15(19)8-12/h4-11H,3H2,1-2H3,(H,20,22)/t11-/m0/s1. The Morgan fingerprint density at radius 1 is 1.23 bits per heavy atom. The molecule has 0 saturated heterocycles. The maximum atomic E-state index is 12.5. The Labute approximate surface area is 155 Å². The summed E-state index contributed by atoms with van der Waals surface area (Å²) in [6, 6.07) is 10.1. The number of benzene rings is 2. The molecule has 26 heavy (non-hydrogen) atoms. The predicted octanol–water partition coefficient (Wildman–Crippen LogP) is 3.92. The van der Waals surface area contributed by atoms with Gasteiger partial charge in [0.2, 0.25) is 0 Å². The fourth-order valence-corrected chi connectivity index (χ4v) is 2.52. The third kappa shape index (κ3) is 4.80. The van der Waals surface area contributed by atoms with E-state index in [1.807, 2.05) is 0 Å². The average molecular weight is 377 g/mol. The van der Waals surface area contributed by atoms with Crippen molar-refractivity contribution in [3.05, 3.63) is 74.3 Å². The number of nitrogens with zero attached hydrogens (tertiary/aromatic N) is 1. The van der Waals surface area contributed by atoms with Crippen molar-refractivity contribution in [2.75, 3.05) is 6.61 Å². The number of halogens is 1. The minimum atomic E-state index is -0.729. The largest absolute Gasteiger partial charge is 0.462 e. The summed E-state index contributed by atoms with van der Waals surface area (Å²) in [5.74, 6) is -1.28. The van der Waals surface area contributed by atoms with E-state index in [1.165, 1.54) is 6.07 Å². The van der Waals surface area contributed by atoms with Crippen LogP contribution in [0.1, 0.15) is 46.2 Å². The van der Waals surface area contributed by atoms with Crippen LogP contribution in [0.3, 0.4) is 0 Å². The highest BCUT2D eigenvalue weighted by molar-refractivity contribution is 6.30. The quantitative estimate of drug-likeness (QED) is 0.468. The molecule has 0 aliphatic heterocycles. The maximum Gasteiger partial charge on any atom is 0.338 e. The Morgan fingerprint density at radius 2 is 1.92 bits per heavy atom. The van der Waals surface area contributed by atoms with Gasteiger partial charge in [-0.3, -0.25) is 14.9 Å². The molecule has 0 spiro atoms. The number of nitro groups is 1. The SMILES string of the molecule is CCOC(=O)c1cc(C(=O)N[C@@H](C)c2cccc(Cl)c2)cc([N+](=O)[O-])c1. The molecule has 8 heteroatoms. The first-order valence-corrected chi connectivity index (χ1v) is 8.22. The minimum absolute atomic E-state index is 0.00358. The lowest BCUT2D eigenvalue weighted by Crippen LogP contribution is -2.27. The Bertz CT molecular complexity index is 853. The summed E-state index contributed by atoms with van der Waals surface area (Å²) in [6.07, 6.45) is 0. The van der Waals surface area contributed by atoms with E-state index in [4.69, 9.17) is 16.3 Å². The first kappa shape index (κ1) is 19.4. The number of hydrogen-bond donors (Lipinski definition) is 1. The van der Waals surface area contributed by atoms with Gasteiger partial charge in [0.05, 0.1) is 23.1 Å². The summed E-state index contributed by atoms with van der Waals surface area (Å²) in [4.78, 5) is 34.8. The highest BCUT2D eigenvalue weighted by atomic mass is 35.5. The number of amides is 1. The van der Waals surface area contributed by atoms with Gasteiger partial charge in [-0.2, -0.15) is 0 Å². The number of hydrogen-bond acceptors (Lipinski definition) is 5. The number of carbonyl (C=O) groups is 2. The lowest BCUT2D eigenvalue weighted by atomic mass is 10.1. The fourth-order valence-electron chi connectivity index (χ4n) is 2.32. The molecular weight excluding hydrogens is 360 g/mol. The summed E-state index contributed by atoms with van der Waals surface area (Å²) >= 11 is 5.94. The van der Waals surface area contributed by atoms with Crippen molar-refractivity contribution in [1.82, 2.24) is 5.32 Å². The van der Waals surface area contributed by atoms with Crippen molar-refractivity contribution in [3.8, 4) is 0 Å². The zero-order valence-corrected chi connectivity index (χ0v) is 14.9. The van der Waals surface area contributed by atoms with Crippen molar-refractivity contribution in [3.63, 3.8) is 0 Å². The Hall–Kier alpha value is -2.93. The minimum Gasteiger partial charge on any atom is -0.462 e. The number of carbonyl (C=O) groups excluding carboxylic acids is 2. The number of nitrogens with one attached hydrogen (secondary N) is 1. The molecule has 0 aliphatic carbocycles. The molecule has 2 aromatic carbocycles. The second-order valence-corrected chi connectivity index (χ2v) is 5.93. The molecule has 136 valence electrons. The van der Waals surface area contributed by atoms with E-state index in [9.17, 15) is 19.7 Å². The van der Waals surface area contributed by atoms with Crippen molar-refractivity contribution >= 4 is 29.2 Å². The van der Waals surface area contributed by atoms with E-state index in [1.54, 1.807) is 38.1 Å². The molecule has 0 radical (unpaired) electrons. The monoisotopic (exact) mass is 376 g/mol. The van der Waals surface area contributed by atoms with E-state index in [0.717, 1.165) is 17.7 Å². The van der Waals surface area contributed by atoms with E-state index in [2.05, 4.69) is 5.32 Å². The second kappa shape index (κ2) is 8.44. The summed E-state index contributed by atoms with van der Waals surface area (Å²) in [5, 5.41) is 14.4. The van der Waals surface area contributed by atoms with Crippen molar-refractivity contribution in [1.29, 1.82) is 0 Å². The van der Waals surface area contributed by atoms with Gasteiger partial charge < -0.3 is 10.1 Å². The van der Waals surface area contributed by atoms with Crippen molar-refractivity contribution in [2.24, 2.45) is 0 Å². The van der Waals surface area contributed by atoms with E-state index in [-0.39, 0.29) is 29.5 Å². The van der Waals surface area contributed by atoms with Crippen LogP contribution in [0.5, 0.6) is 0 Å². The summed E-state index contributed by atoms with van der Waals surface area (Å²) in [5.41, 5.74) is 0.357. The number of esters is 1.